The van der Waals surface area contributed by atoms with Gasteiger partial charge in [0, 0.05) is 6.54 Å². The topological polar surface area (TPSA) is 77.2 Å². The average Bonchev–Trinajstić information content (AvgIpc) is 3.08. The molecule has 0 aliphatic carbocycles. The Morgan fingerprint density at radius 2 is 1.85 bits per heavy atom. The maximum Gasteiger partial charge on any atom is 0.313 e. The zero-order valence-electron chi connectivity index (χ0n) is 14.3. The number of aliphatic carboxylic acids is 1. The zero-order valence-corrected chi connectivity index (χ0v) is 15.1. The molecule has 0 unspecified atom stereocenters. The number of thioether (sulfide) groups is 1. The smallest absolute Gasteiger partial charge is 0.313 e. The molecule has 1 heterocycles. The minimum atomic E-state index is -0.883. The normalized spacial score (nSPS) is 10.7. The standard InChI is InChI=1S/C19H19N3O3S/c1-25-16-10-6-5-9-15(16)18-20-21-19(26-13-17(23)24)22(18)12-11-14-7-3-2-4-8-14/h2-10H,11-13H2,1H3,(H,23,24). The summed E-state index contributed by atoms with van der Waals surface area (Å²) in [5, 5.41) is 18.1. The molecule has 0 bridgehead atoms. The highest BCUT2D eigenvalue weighted by molar-refractivity contribution is 7.99. The molecular formula is C19H19N3O3S. The molecule has 0 aliphatic rings. The summed E-state index contributed by atoms with van der Waals surface area (Å²) in [7, 11) is 1.61. The highest BCUT2D eigenvalue weighted by Gasteiger charge is 2.18. The molecule has 3 rings (SSSR count). The van der Waals surface area contributed by atoms with E-state index in [4.69, 9.17) is 9.84 Å². The molecule has 2 aromatic carbocycles. The van der Waals surface area contributed by atoms with Crippen LogP contribution in [0.25, 0.3) is 11.4 Å². The van der Waals surface area contributed by atoms with Crippen LogP contribution >= 0.6 is 11.8 Å². The Morgan fingerprint density at radius 1 is 1.12 bits per heavy atom. The summed E-state index contributed by atoms with van der Waals surface area (Å²) in [4.78, 5) is 10.9. The molecule has 0 atom stereocenters. The van der Waals surface area contributed by atoms with Crippen molar-refractivity contribution in [3.8, 4) is 17.1 Å². The molecular weight excluding hydrogens is 350 g/mol. The fourth-order valence-electron chi connectivity index (χ4n) is 2.64. The summed E-state index contributed by atoms with van der Waals surface area (Å²) in [5.41, 5.74) is 2.03. The minimum Gasteiger partial charge on any atom is -0.496 e. The number of aryl methyl sites for hydroxylation is 1. The van der Waals surface area contributed by atoms with E-state index in [-0.39, 0.29) is 5.75 Å². The summed E-state index contributed by atoms with van der Waals surface area (Å²) < 4.78 is 7.40. The lowest BCUT2D eigenvalue weighted by Gasteiger charge is -2.12. The molecule has 7 heteroatoms. The Bertz CT molecular complexity index is 881. The second kappa shape index (κ2) is 8.53. The van der Waals surface area contributed by atoms with Gasteiger partial charge in [0.25, 0.3) is 0 Å². The number of rotatable bonds is 8. The summed E-state index contributed by atoms with van der Waals surface area (Å²) in [6.45, 7) is 0.645. The fraction of sp³-hybridized carbons (Fsp3) is 0.211. The zero-order chi connectivity index (χ0) is 18.4. The first-order chi connectivity index (χ1) is 12.7. The number of carbonyl (C=O) groups is 1. The van der Waals surface area contributed by atoms with Crippen LogP contribution in [0.4, 0.5) is 0 Å². The van der Waals surface area contributed by atoms with Crippen LogP contribution in [0, 0.1) is 0 Å². The maximum absolute atomic E-state index is 10.9. The van der Waals surface area contributed by atoms with Gasteiger partial charge in [0.15, 0.2) is 11.0 Å². The molecule has 0 spiro atoms. The molecule has 0 saturated heterocycles. The number of benzene rings is 2. The SMILES string of the molecule is COc1ccccc1-c1nnc(SCC(=O)O)n1CCc1ccccc1. The van der Waals surface area contributed by atoms with Crippen molar-refractivity contribution < 1.29 is 14.6 Å². The molecule has 0 saturated carbocycles. The summed E-state index contributed by atoms with van der Waals surface area (Å²) in [6.07, 6.45) is 0.793. The third-order valence-corrected chi connectivity index (χ3v) is 4.81. The number of methoxy groups -OCH3 is 1. The fourth-order valence-corrected chi connectivity index (χ4v) is 3.32. The van der Waals surface area contributed by atoms with Gasteiger partial charge in [-0.3, -0.25) is 4.79 Å². The molecule has 0 amide bonds. The van der Waals surface area contributed by atoms with Crippen LogP contribution in [0.1, 0.15) is 5.56 Å². The van der Waals surface area contributed by atoms with Crippen LogP contribution in [0.5, 0.6) is 5.75 Å². The van der Waals surface area contributed by atoms with E-state index >= 15 is 0 Å². The Labute approximate surface area is 155 Å². The number of carboxylic acid groups (broad SMARTS) is 1. The number of ether oxygens (including phenoxy) is 1. The van der Waals surface area contributed by atoms with Gasteiger partial charge in [0.2, 0.25) is 0 Å². The van der Waals surface area contributed by atoms with Gasteiger partial charge in [-0.2, -0.15) is 0 Å². The predicted octanol–water partition coefficient (Wildman–Crippen LogP) is 3.37. The summed E-state index contributed by atoms with van der Waals surface area (Å²) >= 11 is 1.17. The van der Waals surface area contributed by atoms with E-state index < -0.39 is 5.97 Å². The van der Waals surface area contributed by atoms with Gasteiger partial charge in [0.1, 0.15) is 5.75 Å². The molecule has 134 valence electrons. The first-order valence-corrected chi connectivity index (χ1v) is 9.12. The molecule has 6 nitrogen and oxygen atoms in total. The van der Waals surface area contributed by atoms with E-state index in [0.717, 1.165) is 12.0 Å². The van der Waals surface area contributed by atoms with Gasteiger partial charge in [-0.25, -0.2) is 0 Å². The Hall–Kier alpha value is -2.80. The van der Waals surface area contributed by atoms with Crippen molar-refractivity contribution in [3.63, 3.8) is 0 Å². The maximum atomic E-state index is 10.9. The number of carboxylic acids is 1. The number of aromatic nitrogens is 3. The molecule has 26 heavy (non-hydrogen) atoms. The van der Waals surface area contributed by atoms with Crippen LogP contribution in [-0.4, -0.2) is 38.7 Å². The Balaban J connectivity index is 1.94. The lowest BCUT2D eigenvalue weighted by Crippen LogP contribution is -2.07. The van der Waals surface area contributed by atoms with Crippen LogP contribution in [0.2, 0.25) is 0 Å². The van der Waals surface area contributed by atoms with Gasteiger partial charge in [0.05, 0.1) is 18.4 Å². The van der Waals surface area contributed by atoms with Gasteiger partial charge in [-0.15, -0.1) is 10.2 Å². The van der Waals surface area contributed by atoms with E-state index in [1.165, 1.54) is 17.3 Å². The Kier molecular flexibility index (Phi) is 5.91. The van der Waals surface area contributed by atoms with Crippen LogP contribution in [0.15, 0.2) is 59.8 Å². The van der Waals surface area contributed by atoms with Crippen LogP contribution in [0.3, 0.4) is 0 Å². The molecule has 0 fully saturated rings. The van der Waals surface area contributed by atoms with Crippen molar-refractivity contribution in [3.05, 3.63) is 60.2 Å². The lowest BCUT2D eigenvalue weighted by molar-refractivity contribution is -0.133. The van der Waals surface area contributed by atoms with Crippen molar-refractivity contribution in [2.45, 2.75) is 18.1 Å². The van der Waals surface area contributed by atoms with E-state index in [9.17, 15) is 4.79 Å². The third-order valence-electron chi connectivity index (χ3n) is 3.86. The van der Waals surface area contributed by atoms with Crippen molar-refractivity contribution in [1.82, 2.24) is 14.8 Å². The Morgan fingerprint density at radius 3 is 2.58 bits per heavy atom. The van der Waals surface area contributed by atoms with Gasteiger partial charge in [-0.05, 0) is 24.1 Å². The van der Waals surface area contributed by atoms with Crippen LogP contribution in [-0.2, 0) is 17.8 Å². The van der Waals surface area contributed by atoms with Gasteiger partial charge in [-0.1, -0.05) is 54.2 Å². The van der Waals surface area contributed by atoms with Crippen molar-refractivity contribution in [2.24, 2.45) is 0 Å². The highest BCUT2D eigenvalue weighted by atomic mass is 32.2. The monoisotopic (exact) mass is 369 g/mol. The van der Waals surface area contributed by atoms with Crippen molar-refractivity contribution >= 4 is 17.7 Å². The summed E-state index contributed by atoms with van der Waals surface area (Å²) in [5.74, 6) is 0.434. The van der Waals surface area contributed by atoms with Crippen molar-refractivity contribution in [1.29, 1.82) is 0 Å². The van der Waals surface area contributed by atoms with Crippen LogP contribution < -0.4 is 4.74 Å². The van der Waals surface area contributed by atoms with E-state index in [1.54, 1.807) is 7.11 Å². The highest BCUT2D eigenvalue weighted by Crippen LogP contribution is 2.31. The van der Waals surface area contributed by atoms with Gasteiger partial charge < -0.3 is 14.4 Å². The number of hydrogen-bond donors (Lipinski definition) is 1. The van der Waals surface area contributed by atoms with Gasteiger partial charge >= 0.3 is 5.97 Å². The van der Waals surface area contributed by atoms with E-state index in [1.807, 2.05) is 47.0 Å². The van der Waals surface area contributed by atoms with E-state index in [0.29, 0.717) is 23.3 Å². The number of para-hydroxylation sites is 1. The predicted molar refractivity (Wildman–Crippen MR) is 101 cm³/mol. The molecule has 1 aromatic heterocycles. The average molecular weight is 369 g/mol. The molecule has 3 aromatic rings. The second-order valence-corrected chi connectivity index (χ2v) is 6.52. The molecule has 0 radical (unpaired) electrons. The minimum absolute atomic E-state index is 0.0601. The largest absolute Gasteiger partial charge is 0.496 e. The third kappa shape index (κ3) is 4.23. The second-order valence-electron chi connectivity index (χ2n) is 5.58. The first-order valence-electron chi connectivity index (χ1n) is 8.14. The first kappa shape index (κ1) is 18.0. The molecule has 1 N–H and O–H groups in total. The van der Waals surface area contributed by atoms with E-state index in [2.05, 4.69) is 22.3 Å². The summed E-state index contributed by atoms with van der Waals surface area (Å²) in [6, 6.07) is 17.7. The number of hydrogen-bond acceptors (Lipinski definition) is 5. The quantitative estimate of drug-likeness (QED) is 0.614. The molecule has 0 aliphatic heterocycles. The van der Waals surface area contributed by atoms with Crippen molar-refractivity contribution in [2.75, 3.05) is 12.9 Å². The lowest BCUT2D eigenvalue weighted by atomic mass is 10.1. The number of nitrogens with zero attached hydrogens (tertiary/aromatic N) is 3.